The Bertz CT molecular complexity index is 817. The van der Waals surface area contributed by atoms with Crippen molar-refractivity contribution in [3.8, 4) is 11.5 Å². The quantitative estimate of drug-likeness (QED) is 0.677. The van der Waals surface area contributed by atoms with Gasteiger partial charge in [-0.25, -0.2) is 4.98 Å². The first-order chi connectivity index (χ1) is 11.8. The predicted octanol–water partition coefficient (Wildman–Crippen LogP) is 2.85. The largest absolute Gasteiger partial charge is 0.463 e. The molecule has 1 saturated heterocycles. The zero-order valence-electron chi connectivity index (χ0n) is 12.9. The van der Waals surface area contributed by atoms with Gasteiger partial charge < -0.3 is 9.73 Å². The Morgan fingerprint density at radius 3 is 3.04 bits per heavy atom. The van der Waals surface area contributed by atoms with Gasteiger partial charge in [-0.3, -0.25) is 15.2 Å². The molecule has 0 atom stereocenters. The van der Waals surface area contributed by atoms with Crippen LogP contribution in [0.1, 0.15) is 34.1 Å². The van der Waals surface area contributed by atoms with Gasteiger partial charge in [0.1, 0.15) is 5.69 Å². The molecule has 0 unspecified atom stereocenters. The van der Waals surface area contributed by atoms with Gasteiger partial charge >= 0.3 is 0 Å². The summed E-state index contributed by atoms with van der Waals surface area (Å²) in [7, 11) is 0. The molecule has 1 aliphatic rings. The highest BCUT2D eigenvalue weighted by molar-refractivity contribution is 7.15. The Kier molecular flexibility index (Phi) is 4.14. The van der Waals surface area contributed by atoms with Crippen molar-refractivity contribution in [1.29, 1.82) is 0 Å². The third-order valence-corrected chi connectivity index (χ3v) is 5.16. The summed E-state index contributed by atoms with van der Waals surface area (Å²) in [5.41, 5.74) is 0.972. The average molecular weight is 343 g/mol. The highest BCUT2D eigenvalue weighted by Crippen LogP contribution is 2.31. The molecule has 4 rings (SSSR count). The standard InChI is InChI=1S/C16H17N5O2S/c22-15(12-8-11(20-21-12)13-2-1-7-23-13)19-16-18-9-14(24-16)10-3-5-17-6-4-10/h1-2,7-10,17H,3-6H2,(H,20,21)(H,18,19,22). The molecule has 1 fully saturated rings. The number of rotatable bonds is 4. The van der Waals surface area contributed by atoms with Crippen molar-refractivity contribution in [2.24, 2.45) is 0 Å². The van der Waals surface area contributed by atoms with Crippen molar-refractivity contribution in [2.75, 3.05) is 18.4 Å². The van der Waals surface area contributed by atoms with E-state index in [1.807, 2.05) is 6.20 Å². The number of H-pyrrole nitrogens is 1. The first kappa shape index (κ1) is 15.1. The number of thiazole rings is 1. The summed E-state index contributed by atoms with van der Waals surface area (Å²) in [6.45, 7) is 2.07. The third-order valence-electron chi connectivity index (χ3n) is 4.08. The summed E-state index contributed by atoms with van der Waals surface area (Å²) < 4.78 is 5.28. The fourth-order valence-corrected chi connectivity index (χ4v) is 3.78. The molecule has 0 radical (unpaired) electrons. The number of furan rings is 1. The van der Waals surface area contributed by atoms with Crippen LogP contribution in [0, 0.1) is 0 Å². The second-order valence-electron chi connectivity index (χ2n) is 5.69. The molecule has 4 heterocycles. The van der Waals surface area contributed by atoms with Crippen LogP contribution in [0.5, 0.6) is 0 Å². The monoisotopic (exact) mass is 343 g/mol. The van der Waals surface area contributed by atoms with E-state index < -0.39 is 0 Å². The summed E-state index contributed by atoms with van der Waals surface area (Å²) in [6.07, 6.45) is 5.67. The summed E-state index contributed by atoms with van der Waals surface area (Å²) in [5.74, 6) is 0.893. The van der Waals surface area contributed by atoms with Crippen molar-refractivity contribution in [3.63, 3.8) is 0 Å². The lowest BCUT2D eigenvalue weighted by Crippen LogP contribution is -2.26. The fourth-order valence-electron chi connectivity index (χ4n) is 2.80. The molecule has 0 spiro atoms. The summed E-state index contributed by atoms with van der Waals surface area (Å²) in [5, 5.41) is 13.6. The van der Waals surface area contributed by atoms with Crippen LogP contribution in [-0.4, -0.2) is 34.2 Å². The minimum atomic E-state index is -0.282. The second-order valence-corrected chi connectivity index (χ2v) is 6.75. The number of amides is 1. The molecule has 24 heavy (non-hydrogen) atoms. The molecular weight excluding hydrogens is 326 g/mol. The van der Waals surface area contributed by atoms with Crippen LogP contribution < -0.4 is 10.6 Å². The van der Waals surface area contributed by atoms with E-state index in [2.05, 4.69) is 25.8 Å². The van der Waals surface area contributed by atoms with E-state index in [-0.39, 0.29) is 5.91 Å². The van der Waals surface area contributed by atoms with Gasteiger partial charge in [0, 0.05) is 17.1 Å². The van der Waals surface area contributed by atoms with Crippen molar-refractivity contribution in [1.82, 2.24) is 20.5 Å². The molecule has 0 bridgehead atoms. The number of hydrogen-bond donors (Lipinski definition) is 3. The lowest BCUT2D eigenvalue weighted by molar-refractivity contribution is 0.102. The van der Waals surface area contributed by atoms with Gasteiger partial charge in [0.05, 0.1) is 6.26 Å². The summed E-state index contributed by atoms with van der Waals surface area (Å²) in [4.78, 5) is 17.9. The highest BCUT2D eigenvalue weighted by atomic mass is 32.1. The van der Waals surface area contributed by atoms with E-state index in [9.17, 15) is 4.79 Å². The minimum absolute atomic E-state index is 0.282. The number of anilines is 1. The number of carbonyl (C=O) groups is 1. The van der Waals surface area contributed by atoms with Gasteiger partial charge in [0.25, 0.3) is 5.91 Å². The zero-order chi connectivity index (χ0) is 16.4. The maximum Gasteiger partial charge on any atom is 0.277 e. The van der Waals surface area contributed by atoms with E-state index in [0.29, 0.717) is 28.2 Å². The molecule has 1 aliphatic heterocycles. The molecule has 1 amide bonds. The number of piperidine rings is 1. The number of aromatic nitrogens is 3. The molecule has 0 aliphatic carbocycles. The van der Waals surface area contributed by atoms with Gasteiger partial charge in [0.15, 0.2) is 16.6 Å². The average Bonchev–Trinajstić information content (AvgIpc) is 3.36. The normalized spacial score (nSPS) is 15.5. The molecule has 3 N–H and O–H groups in total. The van der Waals surface area contributed by atoms with Crippen molar-refractivity contribution in [2.45, 2.75) is 18.8 Å². The van der Waals surface area contributed by atoms with Gasteiger partial charge in [-0.05, 0) is 44.0 Å². The number of nitrogens with zero attached hydrogens (tertiary/aromatic N) is 2. The van der Waals surface area contributed by atoms with Crippen LogP contribution in [0.2, 0.25) is 0 Å². The lowest BCUT2D eigenvalue weighted by Gasteiger charge is -2.20. The molecule has 7 nitrogen and oxygen atoms in total. The molecule has 3 aromatic heterocycles. The van der Waals surface area contributed by atoms with Gasteiger partial charge in [-0.1, -0.05) is 0 Å². The van der Waals surface area contributed by atoms with Crippen LogP contribution in [-0.2, 0) is 0 Å². The predicted molar refractivity (Wildman–Crippen MR) is 91.2 cm³/mol. The van der Waals surface area contributed by atoms with E-state index in [1.165, 1.54) is 16.2 Å². The van der Waals surface area contributed by atoms with E-state index in [4.69, 9.17) is 4.42 Å². The van der Waals surface area contributed by atoms with Crippen LogP contribution in [0.4, 0.5) is 5.13 Å². The second kappa shape index (κ2) is 6.58. The van der Waals surface area contributed by atoms with Gasteiger partial charge in [-0.15, -0.1) is 11.3 Å². The molecule has 124 valence electrons. The lowest BCUT2D eigenvalue weighted by atomic mass is 9.97. The minimum Gasteiger partial charge on any atom is -0.463 e. The van der Waals surface area contributed by atoms with Crippen molar-refractivity contribution < 1.29 is 9.21 Å². The Labute approximate surface area is 142 Å². The van der Waals surface area contributed by atoms with Crippen LogP contribution in [0.15, 0.2) is 35.1 Å². The molecule has 0 aromatic carbocycles. The number of hydrogen-bond acceptors (Lipinski definition) is 6. The Morgan fingerprint density at radius 2 is 2.25 bits per heavy atom. The Balaban J connectivity index is 1.43. The molecular formula is C16H17N5O2S. The van der Waals surface area contributed by atoms with E-state index >= 15 is 0 Å². The first-order valence-electron chi connectivity index (χ1n) is 7.86. The van der Waals surface area contributed by atoms with Gasteiger partial charge in [0.2, 0.25) is 0 Å². The van der Waals surface area contributed by atoms with E-state index in [1.54, 1.807) is 24.5 Å². The number of nitrogens with one attached hydrogen (secondary N) is 3. The smallest absolute Gasteiger partial charge is 0.277 e. The number of aromatic amines is 1. The Hall–Kier alpha value is -2.45. The molecule has 0 saturated carbocycles. The van der Waals surface area contributed by atoms with Crippen molar-refractivity contribution in [3.05, 3.63) is 41.2 Å². The maximum atomic E-state index is 12.3. The third kappa shape index (κ3) is 3.10. The molecule has 8 heteroatoms. The maximum absolute atomic E-state index is 12.3. The first-order valence-corrected chi connectivity index (χ1v) is 8.68. The topological polar surface area (TPSA) is 95.8 Å². The summed E-state index contributed by atoms with van der Waals surface area (Å²) in [6, 6.07) is 5.25. The van der Waals surface area contributed by atoms with E-state index in [0.717, 1.165) is 25.9 Å². The number of carbonyl (C=O) groups excluding carboxylic acids is 1. The SMILES string of the molecule is O=C(Nc1ncc(C2CCNCC2)s1)c1cc(-c2ccco2)[nH]n1. The van der Waals surface area contributed by atoms with Crippen LogP contribution in [0.3, 0.4) is 0 Å². The molecule has 3 aromatic rings. The zero-order valence-corrected chi connectivity index (χ0v) is 13.7. The summed E-state index contributed by atoms with van der Waals surface area (Å²) >= 11 is 1.54. The highest BCUT2D eigenvalue weighted by Gasteiger charge is 2.19. The fraction of sp³-hybridized carbons (Fsp3) is 0.312. The Morgan fingerprint density at radius 1 is 1.38 bits per heavy atom. The van der Waals surface area contributed by atoms with Crippen molar-refractivity contribution >= 4 is 22.4 Å². The van der Waals surface area contributed by atoms with Gasteiger partial charge in [-0.2, -0.15) is 5.10 Å². The van der Waals surface area contributed by atoms with Crippen LogP contribution >= 0.6 is 11.3 Å². The van der Waals surface area contributed by atoms with Crippen LogP contribution in [0.25, 0.3) is 11.5 Å².